The number of benzene rings is 2. The van der Waals surface area contributed by atoms with Crippen molar-refractivity contribution in [2.24, 2.45) is 5.92 Å². The number of methoxy groups -OCH3 is 1. The molecule has 7 heteroatoms. The summed E-state index contributed by atoms with van der Waals surface area (Å²) < 4.78 is 5.19. The van der Waals surface area contributed by atoms with Crippen LogP contribution in [0.5, 0.6) is 5.75 Å². The van der Waals surface area contributed by atoms with Gasteiger partial charge in [-0.2, -0.15) is 0 Å². The third-order valence-corrected chi connectivity index (χ3v) is 4.88. The van der Waals surface area contributed by atoms with Crippen LogP contribution in [0.15, 0.2) is 48.5 Å². The summed E-state index contributed by atoms with van der Waals surface area (Å²) in [4.78, 5) is 37.9. The van der Waals surface area contributed by atoms with Gasteiger partial charge >= 0.3 is 5.97 Å². The van der Waals surface area contributed by atoms with Gasteiger partial charge in [0, 0.05) is 24.6 Å². The molecule has 1 heterocycles. The monoisotopic (exact) mass is 382 g/mol. The molecule has 2 amide bonds. The molecule has 1 aliphatic heterocycles. The second-order valence-electron chi connectivity index (χ2n) is 6.64. The fraction of sp³-hybridized carbons (Fsp3) is 0.286. The number of carboxylic acid groups (broad SMARTS) is 1. The van der Waals surface area contributed by atoms with Crippen LogP contribution in [0.25, 0.3) is 0 Å². The first-order chi connectivity index (χ1) is 13.5. The van der Waals surface area contributed by atoms with Crippen LogP contribution in [0, 0.1) is 5.92 Å². The van der Waals surface area contributed by atoms with Crippen LogP contribution in [0.3, 0.4) is 0 Å². The van der Waals surface area contributed by atoms with E-state index in [-0.39, 0.29) is 23.3 Å². The number of likely N-dealkylation sites (tertiary alicyclic amines) is 1. The summed E-state index contributed by atoms with van der Waals surface area (Å²) in [6.07, 6.45) is 1.14. The Balaban J connectivity index is 1.60. The minimum Gasteiger partial charge on any atom is -0.495 e. The Morgan fingerprint density at radius 3 is 2.32 bits per heavy atom. The molecule has 0 bridgehead atoms. The highest BCUT2D eigenvalue weighted by molar-refractivity contribution is 5.96. The average Bonchev–Trinajstić information content (AvgIpc) is 2.74. The largest absolute Gasteiger partial charge is 0.495 e. The van der Waals surface area contributed by atoms with Crippen LogP contribution < -0.4 is 10.1 Å². The lowest BCUT2D eigenvalue weighted by molar-refractivity contribution is -0.121. The van der Waals surface area contributed by atoms with Gasteiger partial charge in [0.15, 0.2) is 0 Å². The zero-order valence-electron chi connectivity index (χ0n) is 15.6. The Morgan fingerprint density at radius 2 is 1.71 bits per heavy atom. The number of carbonyl (C=O) groups is 3. The molecule has 2 aromatic carbocycles. The van der Waals surface area contributed by atoms with Crippen molar-refractivity contribution in [2.75, 3.05) is 25.5 Å². The number of nitrogens with zero attached hydrogens (tertiary/aromatic N) is 1. The Hall–Kier alpha value is -3.35. The maximum absolute atomic E-state index is 12.6. The summed E-state index contributed by atoms with van der Waals surface area (Å²) in [7, 11) is 1.42. The number of hydrogen-bond donors (Lipinski definition) is 2. The molecule has 0 aliphatic carbocycles. The van der Waals surface area contributed by atoms with E-state index < -0.39 is 5.97 Å². The molecule has 0 saturated carbocycles. The summed E-state index contributed by atoms with van der Waals surface area (Å²) >= 11 is 0. The molecule has 7 nitrogen and oxygen atoms in total. The molecule has 3 rings (SSSR count). The van der Waals surface area contributed by atoms with E-state index in [2.05, 4.69) is 5.32 Å². The van der Waals surface area contributed by atoms with Crippen LogP contribution in [-0.2, 0) is 4.79 Å². The number of rotatable bonds is 5. The van der Waals surface area contributed by atoms with Crippen LogP contribution >= 0.6 is 0 Å². The maximum atomic E-state index is 12.6. The zero-order chi connectivity index (χ0) is 20.1. The van der Waals surface area contributed by atoms with Crippen molar-refractivity contribution in [1.29, 1.82) is 0 Å². The van der Waals surface area contributed by atoms with Gasteiger partial charge in [-0.15, -0.1) is 0 Å². The quantitative estimate of drug-likeness (QED) is 0.829. The molecule has 0 unspecified atom stereocenters. The smallest absolute Gasteiger partial charge is 0.335 e. The second kappa shape index (κ2) is 8.56. The summed E-state index contributed by atoms with van der Waals surface area (Å²) in [5.74, 6) is -1.17. The number of piperidine rings is 1. The predicted molar refractivity (Wildman–Crippen MR) is 104 cm³/mol. The van der Waals surface area contributed by atoms with E-state index in [1.54, 1.807) is 17.0 Å². The van der Waals surface area contributed by atoms with Gasteiger partial charge in [0.25, 0.3) is 5.91 Å². The van der Waals surface area contributed by atoms with Gasteiger partial charge in [0.05, 0.1) is 18.4 Å². The number of hydrogen-bond acceptors (Lipinski definition) is 4. The predicted octanol–water partition coefficient (Wildman–Crippen LogP) is 2.88. The highest BCUT2D eigenvalue weighted by Crippen LogP contribution is 2.28. The summed E-state index contributed by atoms with van der Waals surface area (Å²) in [6.45, 7) is 1.03. The average molecular weight is 382 g/mol. The Bertz CT molecular complexity index is 874. The second-order valence-corrected chi connectivity index (χ2v) is 6.64. The van der Waals surface area contributed by atoms with E-state index in [0.717, 1.165) is 0 Å². The molecule has 2 N–H and O–H groups in total. The lowest BCUT2D eigenvalue weighted by Crippen LogP contribution is -2.41. The first-order valence-corrected chi connectivity index (χ1v) is 9.06. The normalized spacial score (nSPS) is 14.4. The Kier molecular flexibility index (Phi) is 5.93. The maximum Gasteiger partial charge on any atom is 0.335 e. The molecule has 0 atom stereocenters. The minimum atomic E-state index is -1.06. The number of aromatic carboxylic acids is 1. The van der Waals surface area contributed by atoms with Crippen molar-refractivity contribution in [1.82, 2.24) is 4.90 Å². The van der Waals surface area contributed by atoms with Gasteiger partial charge < -0.3 is 20.1 Å². The fourth-order valence-electron chi connectivity index (χ4n) is 3.27. The van der Waals surface area contributed by atoms with Crippen molar-refractivity contribution in [2.45, 2.75) is 12.8 Å². The van der Waals surface area contributed by atoms with Crippen LogP contribution in [0.2, 0.25) is 0 Å². The molecule has 1 fully saturated rings. The highest BCUT2D eigenvalue weighted by Gasteiger charge is 2.28. The van der Waals surface area contributed by atoms with Crippen LogP contribution in [0.1, 0.15) is 33.6 Å². The first-order valence-electron chi connectivity index (χ1n) is 9.06. The van der Waals surface area contributed by atoms with E-state index >= 15 is 0 Å². The van der Waals surface area contributed by atoms with Gasteiger partial charge in [-0.05, 0) is 43.2 Å². The number of nitrogens with one attached hydrogen (secondary N) is 1. The minimum absolute atomic E-state index is 0.0228. The molecule has 1 saturated heterocycles. The topological polar surface area (TPSA) is 95.9 Å². The fourth-order valence-corrected chi connectivity index (χ4v) is 3.27. The third-order valence-electron chi connectivity index (χ3n) is 4.88. The first kappa shape index (κ1) is 19.4. The molecular formula is C21H22N2O5. The van der Waals surface area contributed by atoms with Gasteiger partial charge in [-0.25, -0.2) is 4.79 Å². The van der Waals surface area contributed by atoms with Crippen LogP contribution in [0.4, 0.5) is 5.69 Å². The number of ether oxygens (including phenoxy) is 1. The number of carboxylic acids is 1. The molecular weight excluding hydrogens is 360 g/mol. The van der Waals surface area contributed by atoms with Gasteiger partial charge in [0.2, 0.25) is 5.91 Å². The molecule has 1 aliphatic rings. The van der Waals surface area contributed by atoms with Crippen molar-refractivity contribution in [3.05, 3.63) is 59.7 Å². The van der Waals surface area contributed by atoms with Crippen molar-refractivity contribution in [3.8, 4) is 5.75 Å². The summed E-state index contributed by atoms with van der Waals surface area (Å²) in [6, 6.07) is 13.4. The van der Waals surface area contributed by atoms with E-state index in [9.17, 15) is 14.4 Å². The molecule has 0 aromatic heterocycles. The van der Waals surface area contributed by atoms with Crippen LogP contribution in [-0.4, -0.2) is 48.0 Å². The number of anilines is 1. The third kappa shape index (κ3) is 4.31. The van der Waals surface area contributed by atoms with E-state index in [1.165, 1.54) is 25.3 Å². The van der Waals surface area contributed by atoms with E-state index in [4.69, 9.17) is 9.84 Å². The van der Waals surface area contributed by atoms with Crippen molar-refractivity contribution < 1.29 is 24.2 Å². The molecule has 2 aromatic rings. The number of carbonyl (C=O) groups excluding carboxylic acids is 2. The van der Waals surface area contributed by atoms with Gasteiger partial charge in [-0.1, -0.05) is 18.2 Å². The summed E-state index contributed by atoms with van der Waals surface area (Å²) in [5, 5.41) is 11.9. The zero-order valence-corrected chi connectivity index (χ0v) is 15.6. The Labute approximate surface area is 162 Å². The van der Waals surface area contributed by atoms with E-state index in [1.807, 2.05) is 18.2 Å². The van der Waals surface area contributed by atoms with Gasteiger partial charge in [-0.3, -0.25) is 9.59 Å². The summed E-state index contributed by atoms with van der Waals surface area (Å²) in [5.41, 5.74) is 1.16. The lowest BCUT2D eigenvalue weighted by Gasteiger charge is -2.31. The van der Waals surface area contributed by atoms with Crippen molar-refractivity contribution >= 4 is 23.5 Å². The highest BCUT2D eigenvalue weighted by atomic mass is 16.5. The molecule has 0 spiro atoms. The molecule has 28 heavy (non-hydrogen) atoms. The molecule has 146 valence electrons. The van der Waals surface area contributed by atoms with Gasteiger partial charge in [0.1, 0.15) is 5.75 Å². The lowest BCUT2D eigenvalue weighted by atomic mass is 9.95. The van der Waals surface area contributed by atoms with E-state index in [0.29, 0.717) is 42.9 Å². The standard InChI is InChI=1S/C21H22N2O5/c1-28-18-13-16(21(26)27)7-8-17(18)22-19(24)14-9-11-23(12-10-14)20(25)15-5-3-2-4-6-15/h2-8,13-14H,9-12H2,1H3,(H,22,24)(H,26,27). The molecule has 0 radical (unpaired) electrons. The Morgan fingerprint density at radius 1 is 1.04 bits per heavy atom. The van der Waals surface area contributed by atoms with Crippen molar-refractivity contribution in [3.63, 3.8) is 0 Å². The number of amides is 2. The SMILES string of the molecule is COc1cc(C(=O)O)ccc1NC(=O)C1CCN(C(=O)c2ccccc2)CC1.